The Morgan fingerprint density at radius 2 is 1.88 bits per heavy atom. The highest BCUT2D eigenvalue weighted by Gasteiger charge is 2.54. The summed E-state index contributed by atoms with van der Waals surface area (Å²) in [5.41, 5.74) is 14.6. The van der Waals surface area contributed by atoms with Gasteiger partial charge in [0.2, 0.25) is 5.90 Å². The molecule has 0 fully saturated rings. The maximum atomic E-state index is 14.3. The van der Waals surface area contributed by atoms with Gasteiger partial charge in [-0.05, 0) is 81.1 Å². The molecule has 2 atom stereocenters. The Labute approximate surface area is 289 Å². The number of esters is 1. The number of aliphatic imine (C=N–C) groups is 1. The maximum Gasteiger partial charge on any atom is 0.306 e. The fraction of sp³-hybridized carbons (Fsp3) is 0.382. The fourth-order valence-electron chi connectivity index (χ4n) is 5.05. The summed E-state index contributed by atoms with van der Waals surface area (Å²) in [4.78, 5) is 35.1. The molecule has 4 rings (SSSR count). The third-order valence-electron chi connectivity index (χ3n) is 7.27. The Morgan fingerprint density at radius 3 is 2.56 bits per heavy atom. The lowest BCUT2D eigenvalue weighted by molar-refractivity contribution is -0.155. The van der Waals surface area contributed by atoms with Crippen LogP contribution in [0.5, 0.6) is 5.75 Å². The van der Waals surface area contributed by atoms with Crippen molar-refractivity contribution in [3.63, 3.8) is 0 Å². The van der Waals surface area contributed by atoms with E-state index in [0.717, 1.165) is 5.56 Å². The topological polar surface area (TPSA) is 167 Å². The van der Waals surface area contributed by atoms with Crippen molar-refractivity contribution in [3.8, 4) is 5.75 Å². The molecule has 1 heterocycles. The second-order valence-electron chi connectivity index (χ2n) is 12.0. The highest BCUT2D eigenvalue weighted by molar-refractivity contribution is 6.35. The van der Waals surface area contributed by atoms with Crippen molar-refractivity contribution in [1.29, 1.82) is 0 Å². The number of ether oxygens (including phenoxy) is 3. The summed E-state index contributed by atoms with van der Waals surface area (Å²) < 4.78 is 17.7. The van der Waals surface area contributed by atoms with Crippen LogP contribution in [0.25, 0.3) is 10.4 Å². The average Bonchev–Trinajstić information content (AvgIpc) is 3.44. The van der Waals surface area contributed by atoms with E-state index in [2.05, 4.69) is 20.9 Å². The lowest BCUT2D eigenvalue weighted by Gasteiger charge is -2.31. The van der Waals surface area contributed by atoms with Crippen LogP contribution in [0.3, 0.4) is 0 Å². The Hall–Kier alpha value is -4.32. The summed E-state index contributed by atoms with van der Waals surface area (Å²) in [6.45, 7) is 5.94. The number of benzene rings is 3. The smallest absolute Gasteiger partial charge is 0.306 e. The van der Waals surface area contributed by atoms with E-state index >= 15 is 0 Å². The zero-order valence-electron chi connectivity index (χ0n) is 26.9. The van der Waals surface area contributed by atoms with E-state index in [1.54, 1.807) is 81.4 Å². The lowest BCUT2D eigenvalue weighted by Crippen LogP contribution is -2.53. The number of hydrogen-bond acceptors (Lipinski definition) is 9. The molecule has 48 heavy (non-hydrogen) atoms. The van der Waals surface area contributed by atoms with Crippen LogP contribution < -0.4 is 15.6 Å². The van der Waals surface area contributed by atoms with Gasteiger partial charge in [0.15, 0.2) is 11.6 Å². The monoisotopic (exact) mass is 696 g/mol. The number of nitrogens with zero attached hydrogens (tertiary/aromatic N) is 4. The molecule has 1 aliphatic rings. The molecular formula is C34H38Cl2N6O6. The van der Waals surface area contributed by atoms with Gasteiger partial charge in [0.25, 0.3) is 5.91 Å². The number of carbonyl (C=O) groups excluding carboxylic acids is 2. The first-order valence-electron chi connectivity index (χ1n) is 15.4. The summed E-state index contributed by atoms with van der Waals surface area (Å²) in [5.74, 6) is -0.372. The van der Waals surface area contributed by atoms with Crippen LogP contribution in [-0.2, 0) is 25.5 Å². The number of hydrazine groups is 1. The molecule has 0 spiro atoms. The molecule has 0 radical (unpaired) electrons. The molecule has 0 aromatic heterocycles. The largest absolute Gasteiger partial charge is 0.494 e. The highest BCUT2D eigenvalue weighted by atomic mass is 35.5. The molecule has 0 aliphatic carbocycles. The van der Waals surface area contributed by atoms with Gasteiger partial charge in [-0.1, -0.05) is 58.6 Å². The number of rotatable bonds is 15. The fourth-order valence-corrected chi connectivity index (χ4v) is 5.56. The van der Waals surface area contributed by atoms with Gasteiger partial charge in [0.05, 0.1) is 6.61 Å². The first-order chi connectivity index (χ1) is 23.0. The summed E-state index contributed by atoms with van der Waals surface area (Å²) in [6, 6.07) is 18.9. The summed E-state index contributed by atoms with van der Waals surface area (Å²) >= 11 is 12.4. The van der Waals surface area contributed by atoms with Crippen LogP contribution in [0.2, 0.25) is 10.0 Å². The average molecular weight is 698 g/mol. The van der Waals surface area contributed by atoms with Gasteiger partial charge in [0.1, 0.15) is 11.4 Å². The molecule has 254 valence electrons. The van der Waals surface area contributed by atoms with E-state index < -0.39 is 29.1 Å². The normalized spacial score (nSPS) is 17.1. The molecule has 0 saturated heterocycles. The molecule has 14 heteroatoms. The van der Waals surface area contributed by atoms with Crippen molar-refractivity contribution < 1.29 is 28.9 Å². The van der Waals surface area contributed by atoms with E-state index in [9.17, 15) is 15.1 Å². The number of halogens is 2. The van der Waals surface area contributed by atoms with Crippen LogP contribution in [-0.4, -0.2) is 53.8 Å². The minimum Gasteiger partial charge on any atom is -0.494 e. The number of aliphatic hydroxyl groups excluding tert-OH is 1. The predicted molar refractivity (Wildman–Crippen MR) is 183 cm³/mol. The Bertz CT molecular complexity index is 1670. The van der Waals surface area contributed by atoms with Crippen LogP contribution in [0.1, 0.15) is 62.8 Å². The molecule has 0 bridgehead atoms. The standard InChI is InChI=1S/C34H38Cl2N6O6/c1-33(2,3)48-29(44)15-17-34(32(45)41-38-18-16-22-9-12-24(35)21-27(22)36)30(26-7-4-5-8-28(26)40-42-37)47-31(39-34)23-10-13-25(14-11-23)46-20-6-19-43/h4-5,7-14,21,30,38,43H,6,15-20H2,1-3H3,(H,41,45)/t30-,34-/m0/s1. The first-order valence-corrected chi connectivity index (χ1v) is 16.1. The molecule has 1 amide bonds. The highest BCUT2D eigenvalue weighted by Crippen LogP contribution is 2.46. The minimum absolute atomic E-state index is 0.0125. The van der Waals surface area contributed by atoms with Gasteiger partial charge in [-0.15, -0.1) is 0 Å². The summed E-state index contributed by atoms with van der Waals surface area (Å²) in [6.07, 6.45) is -0.394. The van der Waals surface area contributed by atoms with Crippen LogP contribution in [0.4, 0.5) is 5.69 Å². The van der Waals surface area contributed by atoms with Crippen molar-refractivity contribution in [2.24, 2.45) is 10.1 Å². The third kappa shape index (κ3) is 9.62. The van der Waals surface area contributed by atoms with Crippen LogP contribution >= 0.6 is 23.2 Å². The van der Waals surface area contributed by atoms with E-state index in [1.165, 1.54) is 0 Å². The van der Waals surface area contributed by atoms with E-state index in [1.807, 2.05) is 6.07 Å². The van der Waals surface area contributed by atoms with Crippen LogP contribution in [0.15, 0.2) is 76.8 Å². The molecule has 0 unspecified atom stereocenters. The third-order valence-corrected chi connectivity index (χ3v) is 7.86. The minimum atomic E-state index is -1.70. The SMILES string of the molecule is CC(C)(C)OC(=O)CC[C@]1(C(=O)NNCCc2ccc(Cl)cc2Cl)N=C(c2ccc(OCCCO)cc2)O[C@H]1c1ccccc1N=[N+]=[N-]. The van der Waals surface area contributed by atoms with E-state index in [-0.39, 0.29) is 31.0 Å². The number of hydrogen-bond donors (Lipinski definition) is 3. The van der Waals surface area contributed by atoms with Gasteiger partial charge >= 0.3 is 5.97 Å². The molecule has 0 saturated carbocycles. The number of carbonyl (C=O) groups is 2. The summed E-state index contributed by atoms with van der Waals surface area (Å²) in [7, 11) is 0. The summed E-state index contributed by atoms with van der Waals surface area (Å²) in [5, 5.41) is 13.9. The van der Waals surface area contributed by atoms with Crippen molar-refractivity contribution in [2.75, 3.05) is 19.8 Å². The zero-order valence-corrected chi connectivity index (χ0v) is 28.4. The number of aliphatic hydroxyl groups is 1. The molecular weight excluding hydrogens is 659 g/mol. The number of amides is 1. The van der Waals surface area contributed by atoms with Gasteiger partial charge in [0, 0.05) is 57.8 Å². The van der Waals surface area contributed by atoms with Gasteiger partial charge in [-0.3, -0.25) is 15.0 Å². The molecule has 3 aromatic carbocycles. The van der Waals surface area contributed by atoms with E-state index in [4.69, 9.17) is 47.5 Å². The van der Waals surface area contributed by atoms with Gasteiger partial charge < -0.3 is 19.3 Å². The zero-order chi connectivity index (χ0) is 34.7. The quantitative estimate of drug-likeness (QED) is 0.0386. The van der Waals surface area contributed by atoms with Gasteiger partial charge in [-0.25, -0.2) is 10.4 Å². The van der Waals surface area contributed by atoms with Crippen molar-refractivity contribution in [1.82, 2.24) is 10.9 Å². The second-order valence-corrected chi connectivity index (χ2v) is 12.8. The van der Waals surface area contributed by atoms with Crippen LogP contribution in [0, 0.1) is 0 Å². The van der Waals surface area contributed by atoms with Crippen molar-refractivity contribution in [3.05, 3.63) is 104 Å². The predicted octanol–water partition coefficient (Wildman–Crippen LogP) is 6.94. The number of nitrogens with one attached hydrogen (secondary N) is 2. The second kappa shape index (κ2) is 16.7. The number of azide groups is 1. The lowest BCUT2D eigenvalue weighted by atomic mass is 9.83. The van der Waals surface area contributed by atoms with Crippen molar-refractivity contribution >= 4 is 46.7 Å². The molecule has 3 N–H and O–H groups in total. The Balaban J connectivity index is 1.70. The van der Waals surface area contributed by atoms with Gasteiger partial charge in [-0.2, -0.15) is 0 Å². The molecule has 3 aromatic rings. The van der Waals surface area contributed by atoms with E-state index in [0.29, 0.717) is 52.9 Å². The van der Waals surface area contributed by atoms with Crippen molar-refractivity contribution in [2.45, 2.75) is 63.7 Å². The molecule has 1 aliphatic heterocycles. The Morgan fingerprint density at radius 1 is 1.12 bits per heavy atom. The molecule has 12 nitrogen and oxygen atoms in total. The first kappa shape index (κ1) is 36.5. The Kier molecular flexibility index (Phi) is 12.7. The maximum absolute atomic E-state index is 14.3.